The normalized spacial score (nSPS) is 15.2. The van der Waals surface area contributed by atoms with Gasteiger partial charge < -0.3 is 5.73 Å². The lowest BCUT2D eigenvalue weighted by atomic mass is 10.3. The van der Waals surface area contributed by atoms with Crippen LogP contribution >= 0.6 is 0 Å². The van der Waals surface area contributed by atoms with Crippen LogP contribution in [0.4, 0.5) is 10.3 Å². The minimum atomic E-state index is -3.90. The van der Waals surface area contributed by atoms with Gasteiger partial charge in [0, 0.05) is 18.3 Å². The molecule has 6 nitrogen and oxygen atoms in total. The Bertz CT molecular complexity index is 779. The zero-order chi connectivity index (χ0) is 14.3. The van der Waals surface area contributed by atoms with E-state index in [0.29, 0.717) is 11.3 Å². The number of aromatic nitrogens is 2. The molecule has 0 saturated heterocycles. The SMILES string of the molecule is Nc1ncc2c(n1)CN(S(=O)(=O)c1ccccc1F)C2. The molecule has 20 heavy (non-hydrogen) atoms. The number of nitrogens with zero attached hydrogens (tertiary/aromatic N) is 3. The summed E-state index contributed by atoms with van der Waals surface area (Å²) in [6.45, 7) is 0.186. The molecule has 8 heteroatoms. The van der Waals surface area contributed by atoms with Crippen molar-refractivity contribution >= 4 is 16.0 Å². The molecule has 0 atom stereocenters. The zero-order valence-corrected chi connectivity index (χ0v) is 11.1. The average Bonchev–Trinajstić information content (AvgIpc) is 2.82. The number of nitrogens with two attached hydrogens (primary N) is 1. The van der Waals surface area contributed by atoms with Crippen LogP contribution in [-0.2, 0) is 23.1 Å². The Morgan fingerprint density at radius 2 is 2.00 bits per heavy atom. The highest BCUT2D eigenvalue weighted by Crippen LogP contribution is 2.28. The van der Waals surface area contributed by atoms with Gasteiger partial charge in [-0.3, -0.25) is 0 Å². The van der Waals surface area contributed by atoms with Gasteiger partial charge in [0.2, 0.25) is 16.0 Å². The predicted octanol–water partition coefficient (Wildman–Crippen LogP) is 0.902. The second-order valence-corrected chi connectivity index (χ2v) is 6.31. The summed E-state index contributed by atoms with van der Waals surface area (Å²) in [4.78, 5) is 7.49. The summed E-state index contributed by atoms with van der Waals surface area (Å²) in [5.74, 6) is -0.678. The average molecular weight is 294 g/mol. The van der Waals surface area contributed by atoms with Crippen LogP contribution in [0.3, 0.4) is 0 Å². The van der Waals surface area contributed by atoms with E-state index in [1.54, 1.807) is 0 Å². The summed E-state index contributed by atoms with van der Waals surface area (Å²) >= 11 is 0. The van der Waals surface area contributed by atoms with Crippen LogP contribution in [0.1, 0.15) is 11.3 Å². The van der Waals surface area contributed by atoms with Crippen molar-refractivity contribution in [2.45, 2.75) is 18.0 Å². The van der Waals surface area contributed by atoms with Crippen molar-refractivity contribution < 1.29 is 12.8 Å². The van der Waals surface area contributed by atoms with E-state index < -0.39 is 15.8 Å². The van der Waals surface area contributed by atoms with Crippen LogP contribution in [0.25, 0.3) is 0 Å². The smallest absolute Gasteiger partial charge is 0.246 e. The van der Waals surface area contributed by atoms with E-state index in [0.717, 1.165) is 10.4 Å². The van der Waals surface area contributed by atoms with E-state index in [4.69, 9.17) is 5.73 Å². The Labute approximate surface area is 115 Å². The molecular formula is C12H11FN4O2S. The number of hydrogen-bond acceptors (Lipinski definition) is 5. The number of anilines is 1. The van der Waals surface area contributed by atoms with Crippen LogP contribution in [0, 0.1) is 5.82 Å². The lowest BCUT2D eigenvalue weighted by molar-refractivity contribution is 0.425. The maximum Gasteiger partial charge on any atom is 0.246 e. The van der Waals surface area contributed by atoms with Crippen LogP contribution in [0.5, 0.6) is 0 Å². The molecule has 0 aliphatic carbocycles. The van der Waals surface area contributed by atoms with Crippen molar-refractivity contribution in [2.75, 3.05) is 5.73 Å². The Morgan fingerprint density at radius 3 is 2.75 bits per heavy atom. The standard InChI is InChI=1S/C12H11FN4O2S/c13-9-3-1-2-4-11(9)20(18,19)17-6-8-5-15-12(14)16-10(8)7-17/h1-5H,6-7H2,(H2,14,15,16). The fraction of sp³-hybridized carbons (Fsp3) is 0.167. The fourth-order valence-corrected chi connectivity index (χ4v) is 3.55. The van der Waals surface area contributed by atoms with E-state index in [9.17, 15) is 12.8 Å². The molecule has 2 N–H and O–H groups in total. The maximum absolute atomic E-state index is 13.7. The van der Waals surface area contributed by atoms with Gasteiger partial charge in [-0.15, -0.1) is 0 Å². The quantitative estimate of drug-likeness (QED) is 0.889. The second-order valence-electron chi connectivity index (χ2n) is 4.40. The first-order valence-electron chi connectivity index (χ1n) is 5.83. The number of nitrogen functional groups attached to an aromatic ring is 1. The number of hydrogen-bond donors (Lipinski definition) is 1. The molecule has 0 fully saturated rings. The molecule has 1 aromatic heterocycles. The largest absolute Gasteiger partial charge is 0.368 e. The van der Waals surface area contributed by atoms with Crippen LogP contribution in [0.15, 0.2) is 35.4 Å². The molecule has 104 valence electrons. The molecule has 2 aromatic rings. The van der Waals surface area contributed by atoms with E-state index in [-0.39, 0.29) is 23.9 Å². The number of fused-ring (bicyclic) bond motifs is 1. The van der Waals surface area contributed by atoms with Crippen molar-refractivity contribution in [3.05, 3.63) is 47.5 Å². The van der Waals surface area contributed by atoms with E-state index in [1.807, 2.05) is 0 Å². The van der Waals surface area contributed by atoms with Gasteiger partial charge in [-0.2, -0.15) is 4.31 Å². The first-order chi connectivity index (χ1) is 9.48. The third-order valence-electron chi connectivity index (χ3n) is 3.10. The molecule has 1 aliphatic heterocycles. The van der Waals surface area contributed by atoms with Gasteiger partial charge >= 0.3 is 0 Å². The molecule has 2 heterocycles. The topological polar surface area (TPSA) is 89.2 Å². The van der Waals surface area contributed by atoms with Crippen molar-refractivity contribution in [1.82, 2.24) is 14.3 Å². The number of sulfonamides is 1. The van der Waals surface area contributed by atoms with Crippen molar-refractivity contribution in [2.24, 2.45) is 0 Å². The van der Waals surface area contributed by atoms with Gasteiger partial charge in [0.25, 0.3) is 0 Å². The molecule has 1 aliphatic rings. The van der Waals surface area contributed by atoms with Gasteiger partial charge in [0.15, 0.2) is 0 Å². The Balaban J connectivity index is 1.98. The van der Waals surface area contributed by atoms with Gasteiger partial charge in [0.05, 0.1) is 12.2 Å². The second kappa shape index (κ2) is 4.50. The van der Waals surface area contributed by atoms with Gasteiger partial charge in [-0.25, -0.2) is 22.8 Å². The Morgan fingerprint density at radius 1 is 1.25 bits per heavy atom. The first kappa shape index (κ1) is 12.9. The highest BCUT2D eigenvalue weighted by molar-refractivity contribution is 7.89. The number of halogens is 1. The Hall–Kier alpha value is -2.06. The molecular weight excluding hydrogens is 283 g/mol. The fourth-order valence-electron chi connectivity index (χ4n) is 2.10. The van der Waals surface area contributed by atoms with Gasteiger partial charge in [0.1, 0.15) is 10.7 Å². The summed E-state index contributed by atoms with van der Waals surface area (Å²) in [7, 11) is -3.90. The van der Waals surface area contributed by atoms with Crippen molar-refractivity contribution in [3.8, 4) is 0 Å². The van der Waals surface area contributed by atoms with E-state index in [1.165, 1.54) is 24.4 Å². The highest BCUT2D eigenvalue weighted by Gasteiger charge is 2.33. The summed E-state index contributed by atoms with van der Waals surface area (Å²) in [5.41, 5.74) is 6.70. The zero-order valence-electron chi connectivity index (χ0n) is 10.3. The third-order valence-corrected chi connectivity index (χ3v) is 4.93. The highest BCUT2D eigenvalue weighted by atomic mass is 32.2. The van der Waals surface area contributed by atoms with E-state index >= 15 is 0 Å². The minimum absolute atomic E-state index is 0.0682. The Kier molecular flexibility index (Phi) is 2.91. The van der Waals surface area contributed by atoms with Gasteiger partial charge in [-0.05, 0) is 12.1 Å². The van der Waals surface area contributed by atoms with Crippen LogP contribution in [0.2, 0.25) is 0 Å². The summed E-state index contributed by atoms with van der Waals surface area (Å²) in [5, 5.41) is 0. The first-order valence-corrected chi connectivity index (χ1v) is 7.27. The van der Waals surface area contributed by atoms with Gasteiger partial charge in [-0.1, -0.05) is 12.1 Å². The molecule has 0 amide bonds. The lowest BCUT2D eigenvalue weighted by Crippen LogP contribution is -2.26. The summed E-state index contributed by atoms with van der Waals surface area (Å²) < 4.78 is 39.7. The summed E-state index contributed by atoms with van der Waals surface area (Å²) in [6, 6.07) is 5.29. The minimum Gasteiger partial charge on any atom is -0.368 e. The van der Waals surface area contributed by atoms with E-state index in [2.05, 4.69) is 9.97 Å². The molecule has 3 rings (SSSR count). The molecule has 0 spiro atoms. The molecule has 0 saturated carbocycles. The predicted molar refractivity (Wildman–Crippen MR) is 69.3 cm³/mol. The third kappa shape index (κ3) is 2.02. The molecule has 0 bridgehead atoms. The van der Waals surface area contributed by atoms with Crippen molar-refractivity contribution in [1.29, 1.82) is 0 Å². The maximum atomic E-state index is 13.7. The van der Waals surface area contributed by atoms with Crippen LogP contribution in [-0.4, -0.2) is 22.7 Å². The lowest BCUT2D eigenvalue weighted by Gasteiger charge is -2.15. The van der Waals surface area contributed by atoms with Crippen molar-refractivity contribution in [3.63, 3.8) is 0 Å². The number of benzene rings is 1. The monoisotopic (exact) mass is 294 g/mol. The molecule has 0 radical (unpaired) electrons. The summed E-state index contributed by atoms with van der Waals surface area (Å²) in [6.07, 6.45) is 1.49. The van der Waals surface area contributed by atoms with Crippen LogP contribution < -0.4 is 5.73 Å². The molecule has 1 aromatic carbocycles. The molecule has 0 unspecified atom stereocenters. The number of rotatable bonds is 2.